The lowest BCUT2D eigenvalue weighted by molar-refractivity contribution is 0.107. The average Bonchev–Trinajstić information content (AvgIpc) is 2.72. The second-order valence-corrected chi connectivity index (χ2v) is 5.84. The van der Waals surface area contributed by atoms with Crippen LogP contribution < -0.4 is 5.73 Å². The lowest BCUT2D eigenvalue weighted by Gasteiger charge is -2.16. The quantitative estimate of drug-likeness (QED) is 0.919. The largest absolute Gasteiger partial charge is 0.380 e. The number of nitrogens with zero attached hydrogens (tertiary/aromatic N) is 2. The Morgan fingerprint density at radius 2 is 2.16 bits per heavy atom. The van der Waals surface area contributed by atoms with Crippen molar-refractivity contribution < 1.29 is 4.74 Å². The highest BCUT2D eigenvalue weighted by atomic mass is 79.9. The molecule has 1 unspecified atom stereocenters. The smallest absolute Gasteiger partial charge is 0.112 e. The van der Waals surface area contributed by atoms with Crippen LogP contribution in [0.25, 0.3) is 11.0 Å². The Hall–Kier alpha value is -0.910. The van der Waals surface area contributed by atoms with Crippen molar-refractivity contribution in [3.05, 3.63) is 28.5 Å². The molecule has 0 saturated carbocycles. The van der Waals surface area contributed by atoms with Gasteiger partial charge in [-0.05, 0) is 32.0 Å². The zero-order valence-electron chi connectivity index (χ0n) is 11.6. The van der Waals surface area contributed by atoms with E-state index in [1.54, 1.807) is 7.11 Å². The van der Waals surface area contributed by atoms with Gasteiger partial charge < -0.3 is 15.0 Å². The molecule has 2 N–H and O–H groups in total. The molecule has 104 valence electrons. The maximum Gasteiger partial charge on any atom is 0.112 e. The highest BCUT2D eigenvalue weighted by Gasteiger charge is 2.17. The van der Waals surface area contributed by atoms with Crippen LogP contribution in [0.3, 0.4) is 0 Å². The number of hydrogen-bond donors (Lipinski definition) is 1. The molecule has 5 heteroatoms. The molecule has 1 aromatic heterocycles. The Morgan fingerprint density at radius 3 is 2.74 bits per heavy atom. The van der Waals surface area contributed by atoms with Gasteiger partial charge in [0, 0.05) is 30.6 Å². The fraction of sp³-hybridized carbons (Fsp3) is 0.500. The van der Waals surface area contributed by atoms with Crippen molar-refractivity contribution in [2.75, 3.05) is 13.7 Å². The Kier molecular flexibility index (Phi) is 4.60. The number of benzene rings is 1. The molecule has 1 aromatic carbocycles. The summed E-state index contributed by atoms with van der Waals surface area (Å²) < 4.78 is 8.67. The van der Waals surface area contributed by atoms with Gasteiger partial charge in [0.25, 0.3) is 0 Å². The summed E-state index contributed by atoms with van der Waals surface area (Å²) in [5.74, 6) is 1.03. The molecule has 19 heavy (non-hydrogen) atoms. The van der Waals surface area contributed by atoms with Gasteiger partial charge in [0.1, 0.15) is 5.82 Å². The maximum absolute atomic E-state index is 5.71. The summed E-state index contributed by atoms with van der Waals surface area (Å²) in [6.45, 7) is 4.83. The van der Waals surface area contributed by atoms with Crippen LogP contribution in [0, 0.1) is 0 Å². The number of nitrogens with two attached hydrogens (primary N) is 1. The number of ether oxygens (including phenoxy) is 1. The minimum atomic E-state index is 0.0118. The summed E-state index contributed by atoms with van der Waals surface area (Å²) in [5, 5.41) is 0. The molecular formula is C14H20BrN3O. The van der Waals surface area contributed by atoms with Crippen LogP contribution in [0.15, 0.2) is 22.7 Å². The minimum absolute atomic E-state index is 0.0118. The third-order valence-electron chi connectivity index (χ3n) is 3.25. The van der Waals surface area contributed by atoms with E-state index in [1.165, 1.54) is 0 Å². The number of aromatic nitrogens is 2. The van der Waals surface area contributed by atoms with Crippen molar-refractivity contribution in [3.63, 3.8) is 0 Å². The van der Waals surface area contributed by atoms with Crippen LogP contribution in [0.4, 0.5) is 0 Å². The second kappa shape index (κ2) is 6.03. The van der Waals surface area contributed by atoms with Crippen molar-refractivity contribution in [2.45, 2.75) is 32.4 Å². The highest BCUT2D eigenvalue weighted by Crippen LogP contribution is 2.25. The Bertz CT molecular complexity index is 561. The summed E-state index contributed by atoms with van der Waals surface area (Å²) in [4.78, 5) is 4.73. The number of hydrogen-bond acceptors (Lipinski definition) is 3. The van der Waals surface area contributed by atoms with Crippen molar-refractivity contribution in [1.82, 2.24) is 9.55 Å². The van der Waals surface area contributed by atoms with Gasteiger partial charge in [0.15, 0.2) is 0 Å². The second-order valence-electron chi connectivity index (χ2n) is 4.92. The molecular weight excluding hydrogens is 306 g/mol. The first-order valence-corrected chi connectivity index (χ1v) is 7.25. The molecule has 0 amide bonds. The van der Waals surface area contributed by atoms with Gasteiger partial charge in [-0.3, -0.25) is 0 Å². The number of fused-ring (bicyclic) bond motifs is 1. The van der Waals surface area contributed by atoms with Crippen LogP contribution in [-0.4, -0.2) is 29.3 Å². The van der Waals surface area contributed by atoms with E-state index in [0.29, 0.717) is 12.6 Å². The summed E-state index contributed by atoms with van der Waals surface area (Å²) in [6.07, 6.45) is 0.745. The summed E-state index contributed by atoms with van der Waals surface area (Å²) >= 11 is 3.49. The summed E-state index contributed by atoms with van der Waals surface area (Å²) in [5.41, 5.74) is 7.86. The predicted octanol–water partition coefficient (Wildman–Crippen LogP) is 2.90. The van der Waals surface area contributed by atoms with E-state index in [2.05, 4.69) is 40.4 Å². The van der Waals surface area contributed by atoms with Gasteiger partial charge in [0.05, 0.1) is 17.1 Å². The first-order chi connectivity index (χ1) is 9.06. The first-order valence-electron chi connectivity index (χ1n) is 6.46. The maximum atomic E-state index is 5.71. The number of methoxy groups -OCH3 is 1. The fourth-order valence-corrected chi connectivity index (χ4v) is 2.66. The van der Waals surface area contributed by atoms with Crippen molar-refractivity contribution >= 4 is 27.0 Å². The molecule has 0 aliphatic heterocycles. The minimum Gasteiger partial charge on any atom is -0.380 e. The molecule has 0 fully saturated rings. The first kappa shape index (κ1) is 14.5. The highest BCUT2D eigenvalue weighted by molar-refractivity contribution is 9.10. The zero-order valence-corrected chi connectivity index (χ0v) is 13.1. The van der Waals surface area contributed by atoms with Gasteiger partial charge in [-0.1, -0.05) is 15.9 Å². The zero-order chi connectivity index (χ0) is 14.0. The van der Waals surface area contributed by atoms with Gasteiger partial charge in [-0.2, -0.15) is 0 Å². The average molecular weight is 326 g/mol. The molecule has 0 spiro atoms. The lowest BCUT2D eigenvalue weighted by atomic mass is 10.2. The number of halogens is 1. The molecule has 1 atom stereocenters. The molecule has 0 saturated heterocycles. The molecule has 2 rings (SSSR count). The predicted molar refractivity (Wildman–Crippen MR) is 81.4 cm³/mol. The van der Waals surface area contributed by atoms with Crippen LogP contribution >= 0.6 is 15.9 Å². The van der Waals surface area contributed by atoms with Gasteiger partial charge in [-0.25, -0.2) is 4.98 Å². The fourth-order valence-electron chi connectivity index (χ4n) is 2.31. The Labute approximate surface area is 122 Å². The topological polar surface area (TPSA) is 53.1 Å². The van der Waals surface area contributed by atoms with E-state index >= 15 is 0 Å². The summed E-state index contributed by atoms with van der Waals surface area (Å²) in [6, 6.07) is 6.54. The van der Waals surface area contributed by atoms with E-state index in [1.807, 2.05) is 12.1 Å². The van der Waals surface area contributed by atoms with Crippen LogP contribution in [-0.2, 0) is 11.2 Å². The molecule has 4 nitrogen and oxygen atoms in total. The van der Waals surface area contributed by atoms with Crippen molar-refractivity contribution in [3.8, 4) is 0 Å². The standard InChI is InChI=1S/C14H20BrN3O/c1-9(2)18-13-5-4-10(15)6-12(13)17-14(18)7-11(8-16)19-3/h4-6,9,11H,7-8,16H2,1-3H3. The SMILES string of the molecule is COC(CN)Cc1nc2cc(Br)ccc2n1C(C)C. The molecule has 2 aromatic rings. The number of imidazole rings is 1. The van der Waals surface area contributed by atoms with E-state index < -0.39 is 0 Å². The molecule has 0 radical (unpaired) electrons. The van der Waals surface area contributed by atoms with Gasteiger partial charge in [0.2, 0.25) is 0 Å². The van der Waals surface area contributed by atoms with E-state index in [9.17, 15) is 0 Å². The van der Waals surface area contributed by atoms with E-state index in [0.717, 1.165) is 27.8 Å². The molecule has 0 bridgehead atoms. The van der Waals surface area contributed by atoms with Crippen LogP contribution in [0.5, 0.6) is 0 Å². The Balaban J connectivity index is 2.49. The monoisotopic (exact) mass is 325 g/mol. The lowest BCUT2D eigenvalue weighted by Crippen LogP contribution is -2.26. The van der Waals surface area contributed by atoms with Gasteiger partial charge >= 0.3 is 0 Å². The molecule has 0 aliphatic rings. The summed E-state index contributed by atoms with van der Waals surface area (Å²) in [7, 11) is 1.69. The Morgan fingerprint density at radius 1 is 1.42 bits per heavy atom. The third-order valence-corrected chi connectivity index (χ3v) is 3.74. The number of rotatable bonds is 5. The third kappa shape index (κ3) is 2.99. The normalized spacial score (nSPS) is 13.4. The van der Waals surface area contributed by atoms with E-state index in [4.69, 9.17) is 15.5 Å². The van der Waals surface area contributed by atoms with Crippen molar-refractivity contribution in [1.29, 1.82) is 0 Å². The van der Waals surface area contributed by atoms with Gasteiger partial charge in [-0.15, -0.1) is 0 Å². The van der Waals surface area contributed by atoms with Crippen molar-refractivity contribution in [2.24, 2.45) is 5.73 Å². The van der Waals surface area contributed by atoms with Crippen LogP contribution in [0.1, 0.15) is 25.7 Å². The molecule has 0 aliphatic carbocycles. The van der Waals surface area contributed by atoms with E-state index in [-0.39, 0.29) is 6.10 Å². The molecule has 1 heterocycles. The van der Waals surface area contributed by atoms with Crippen LogP contribution in [0.2, 0.25) is 0 Å².